The fourth-order valence-corrected chi connectivity index (χ4v) is 1.61. The molecular weight excluding hydrogens is 401 g/mol. The van der Waals surface area contributed by atoms with Crippen LogP contribution in [0.2, 0.25) is 0 Å². The summed E-state index contributed by atoms with van der Waals surface area (Å²) >= 11 is 0. The SMILES string of the molecule is COC(=O)C(C)CN=C(N)Nc1ccc(OC)c(OC)c1.I. The molecule has 0 saturated carbocycles. The van der Waals surface area contributed by atoms with Gasteiger partial charge < -0.3 is 25.3 Å². The van der Waals surface area contributed by atoms with E-state index >= 15 is 0 Å². The van der Waals surface area contributed by atoms with Gasteiger partial charge in [-0.15, -0.1) is 24.0 Å². The van der Waals surface area contributed by atoms with E-state index in [9.17, 15) is 4.79 Å². The molecule has 0 aromatic heterocycles. The van der Waals surface area contributed by atoms with Crippen molar-refractivity contribution in [1.29, 1.82) is 0 Å². The fraction of sp³-hybridized carbons (Fsp3) is 0.429. The Labute approximate surface area is 147 Å². The molecule has 1 rings (SSSR count). The maximum atomic E-state index is 11.3. The van der Waals surface area contributed by atoms with Crippen molar-refractivity contribution in [2.24, 2.45) is 16.6 Å². The first-order chi connectivity index (χ1) is 10.0. The summed E-state index contributed by atoms with van der Waals surface area (Å²) < 4.78 is 15.0. The number of esters is 1. The summed E-state index contributed by atoms with van der Waals surface area (Å²) in [6.45, 7) is 1.97. The fourth-order valence-electron chi connectivity index (χ4n) is 1.61. The molecule has 0 heterocycles. The number of carbonyl (C=O) groups excluding carboxylic acids is 1. The van der Waals surface area contributed by atoms with Gasteiger partial charge in [0.2, 0.25) is 0 Å². The van der Waals surface area contributed by atoms with Gasteiger partial charge in [0.1, 0.15) is 0 Å². The first-order valence-electron chi connectivity index (χ1n) is 6.38. The van der Waals surface area contributed by atoms with Crippen LogP contribution >= 0.6 is 24.0 Å². The van der Waals surface area contributed by atoms with Crippen LogP contribution in [0.25, 0.3) is 0 Å². The van der Waals surface area contributed by atoms with E-state index in [4.69, 9.17) is 15.2 Å². The van der Waals surface area contributed by atoms with Gasteiger partial charge in [0.25, 0.3) is 0 Å². The minimum atomic E-state index is -0.347. The standard InChI is InChI=1S/C14H21N3O4.HI/c1-9(13(18)21-4)8-16-14(15)17-10-5-6-11(19-2)12(7-10)20-3;/h5-7,9H,8H2,1-4H3,(H3,15,16,17);1H. The second-order valence-corrected chi connectivity index (χ2v) is 4.34. The van der Waals surface area contributed by atoms with Crippen LogP contribution in [0.15, 0.2) is 23.2 Å². The summed E-state index contributed by atoms with van der Waals surface area (Å²) in [4.78, 5) is 15.4. The van der Waals surface area contributed by atoms with Crippen molar-refractivity contribution in [3.05, 3.63) is 18.2 Å². The molecule has 0 aliphatic heterocycles. The number of anilines is 1. The number of nitrogens with zero attached hydrogens (tertiary/aromatic N) is 1. The Morgan fingerprint density at radius 3 is 2.45 bits per heavy atom. The Kier molecular flexibility index (Phi) is 9.31. The van der Waals surface area contributed by atoms with E-state index in [-0.39, 0.29) is 48.4 Å². The topological polar surface area (TPSA) is 95.2 Å². The van der Waals surface area contributed by atoms with Crippen molar-refractivity contribution < 1.29 is 19.0 Å². The Hall–Kier alpha value is -1.71. The quantitative estimate of drug-likeness (QED) is 0.314. The van der Waals surface area contributed by atoms with Crippen LogP contribution in [0.1, 0.15) is 6.92 Å². The summed E-state index contributed by atoms with van der Waals surface area (Å²) in [5.74, 6) is 0.743. The average molecular weight is 423 g/mol. The van der Waals surface area contributed by atoms with Gasteiger partial charge in [0.05, 0.1) is 33.8 Å². The lowest BCUT2D eigenvalue weighted by Crippen LogP contribution is -2.25. The summed E-state index contributed by atoms with van der Waals surface area (Å²) in [6.07, 6.45) is 0. The first-order valence-corrected chi connectivity index (χ1v) is 6.38. The number of rotatable bonds is 6. The van der Waals surface area contributed by atoms with Crippen LogP contribution in [0, 0.1) is 5.92 Å². The zero-order chi connectivity index (χ0) is 15.8. The molecule has 0 amide bonds. The number of methoxy groups -OCH3 is 3. The minimum absolute atomic E-state index is 0. The van der Waals surface area contributed by atoms with Gasteiger partial charge in [-0.25, -0.2) is 0 Å². The van der Waals surface area contributed by atoms with Gasteiger partial charge >= 0.3 is 5.97 Å². The molecular formula is C14H22IN3O4. The second kappa shape index (κ2) is 10.1. The van der Waals surface area contributed by atoms with Crippen LogP contribution in [0.3, 0.4) is 0 Å². The highest BCUT2D eigenvalue weighted by Gasteiger charge is 2.12. The van der Waals surface area contributed by atoms with Crippen molar-refractivity contribution in [3.63, 3.8) is 0 Å². The molecule has 1 unspecified atom stereocenters. The predicted octanol–water partition coefficient (Wildman–Crippen LogP) is 1.86. The number of nitrogens with one attached hydrogen (secondary N) is 1. The van der Waals surface area contributed by atoms with Crippen molar-refractivity contribution in [3.8, 4) is 11.5 Å². The third kappa shape index (κ3) is 5.96. The lowest BCUT2D eigenvalue weighted by molar-refractivity contribution is -0.144. The van der Waals surface area contributed by atoms with Crippen molar-refractivity contribution in [1.82, 2.24) is 0 Å². The molecule has 7 nitrogen and oxygen atoms in total. The molecule has 0 saturated heterocycles. The lowest BCUT2D eigenvalue weighted by Gasteiger charge is -2.11. The summed E-state index contributed by atoms with van der Waals surface area (Å²) in [5.41, 5.74) is 6.48. The largest absolute Gasteiger partial charge is 0.493 e. The molecule has 0 bridgehead atoms. The number of benzene rings is 1. The molecule has 0 aliphatic carbocycles. The Morgan fingerprint density at radius 1 is 1.27 bits per heavy atom. The van der Waals surface area contributed by atoms with E-state index in [1.807, 2.05) is 0 Å². The van der Waals surface area contributed by atoms with Crippen molar-refractivity contribution in [2.75, 3.05) is 33.2 Å². The van der Waals surface area contributed by atoms with Crippen LogP contribution in [0.4, 0.5) is 5.69 Å². The molecule has 1 aromatic rings. The maximum Gasteiger partial charge on any atom is 0.310 e. The molecule has 8 heteroatoms. The summed E-state index contributed by atoms with van der Waals surface area (Å²) in [7, 11) is 4.46. The third-order valence-corrected chi connectivity index (χ3v) is 2.79. The number of guanidine groups is 1. The molecule has 0 radical (unpaired) electrons. The number of hydrogen-bond donors (Lipinski definition) is 2. The van der Waals surface area contributed by atoms with Crippen LogP contribution in [0.5, 0.6) is 11.5 Å². The Bertz CT molecular complexity index is 523. The number of ether oxygens (including phenoxy) is 3. The number of halogens is 1. The van der Waals surface area contributed by atoms with E-state index in [1.165, 1.54) is 7.11 Å². The van der Waals surface area contributed by atoms with E-state index < -0.39 is 0 Å². The van der Waals surface area contributed by atoms with E-state index in [2.05, 4.69) is 15.0 Å². The predicted molar refractivity (Wildman–Crippen MR) is 96.3 cm³/mol. The van der Waals surface area contributed by atoms with Gasteiger partial charge in [-0.2, -0.15) is 0 Å². The van der Waals surface area contributed by atoms with Crippen molar-refractivity contribution in [2.45, 2.75) is 6.92 Å². The molecule has 0 spiro atoms. The number of hydrogen-bond acceptors (Lipinski definition) is 5. The molecule has 0 aliphatic rings. The highest BCUT2D eigenvalue weighted by molar-refractivity contribution is 14.0. The van der Waals surface area contributed by atoms with Crippen LogP contribution in [-0.4, -0.2) is 39.8 Å². The number of nitrogens with two attached hydrogens (primary N) is 1. The zero-order valence-electron chi connectivity index (χ0n) is 13.1. The number of aliphatic imine (C=N–C) groups is 1. The molecule has 1 aromatic carbocycles. The van der Waals surface area contributed by atoms with Gasteiger partial charge in [0.15, 0.2) is 17.5 Å². The normalized spacial score (nSPS) is 11.9. The molecule has 3 N–H and O–H groups in total. The molecule has 22 heavy (non-hydrogen) atoms. The summed E-state index contributed by atoms with van der Waals surface area (Å²) in [6, 6.07) is 5.28. The van der Waals surface area contributed by atoms with Gasteiger partial charge in [-0.1, -0.05) is 6.92 Å². The Balaban J connectivity index is 0.00000441. The summed E-state index contributed by atoms with van der Waals surface area (Å²) in [5, 5.41) is 2.92. The maximum absolute atomic E-state index is 11.3. The van der Waals surface area contributed by atoms with Crippen LogP contribution < -0.4 is 20.5 Å². The Morgan fingerprint density at radius 2 is 1.91 bits per heavy atom. The van der Waals surface area contributed by atoms with Crippen LogP contribution in [-0.2, 0) is 9.53 Å². The van der Waals surface area contributed by atoms with E-state index in [0.29, 0.717) is 17.2 Å². The van der Waals surface area contributed by atoms with Crippen molar-refractivity contribution >= 4 is 41.6 Å². The minimum Gasteiger partial charge on any atom is -0.493 e. The highest BCUT2D eigenvalue weighted by Crippen LogP contribution is 2.29. The number of carbonyl (C=O) groups is 1. The van der Waals surface area contributed by atoms with Gasteiger partial charge in [-0.3, -0.25) is 9.79 Å². The monoisotopic (exact) mass is 423 g/mol. The highest BCUT2D eigenvalue weighted by atomic mass is 127. The smallest absolute Gasteiger partial charge is 0.310 e. The third-order valence-electron chi connectivity index (χ3n) is 2.79. The van der Waals surface area contributed by atoms with Gasteiger partial charge in [0, 0.05) is 11.8 Å². The molecule has 124 valence electrons. The average Bonchev–Trinajstić information content (AvgIpc) is 2.51. The van der Waals surface area contributed by atoms with E-state index in [1.54, 1.807) is 39.3 Å². The van der Waals surface area contributed by atoms with Gasteiger partial charge in [-0.05, 0) is 12.1 Å². The zero-order valence-corrected chi connectivity index (χ0v) is 15.4. The molecule has 0 fully saturated rings. The first kappa shape index (κ1) is 20.3. The van der Waals surface area contributed by atoms with E-state index in [0.717, 1.165) is 0 Å². The second-order valence-electron chi connectivity index (χ2n) is 4.34. The molecule has 1 atom stereocenters. The lowest BCUT2D eigenvalue weighted by atomic mass is 10.2.